The summed E-state index contributed by atoms with van der Waals surface area (Å²) in [6.07, 6.45) is 0.928. The number of benzene rings is 2. The van der Waals surface area contributed by atoms with Crippen molar-refractivity contribution in [2.45, 2.75) is 20.0 Å². The predicted octanol–water partition coefficient (Wildman–Crippen LogP) is 3.22. The van der Waals surface area contributed by atoms with Crippen LogP contribution in [0.15, 0.2) is 54.6 Å². The molecule has 3 rings (SSSR count). The van der Waals surface area contributed by atoms with Crippen molar-refractivity contribution >= 4 is 32.4 Å². The third-order valence-electron chi connectivity index (χ3n) is 4.19. The van der Waals surface area contributed by atoms with Crippen LogP contribution in [0.4, 0.5) is 5.13 Å². The highest BCUT2D eigenvalue weighted by Gasteiger charge is 2.21. The first-order chi connectivity index (χ1) is 14.2. The van der Waals surface area contributed by atoms with Gasteiger partial charge < -0.3 is 4.90 Å². The first-order valence-corrected chi connectivity index (χ1v) is 11.7. The maximum atomic E-state index is 12.3. The SMILES string of the molecule is Cc1sc(N(Cc2ccccc2)Cc2cccc(C#N)c2)nc1C(=O)NS(C)(=O)=O. The van der Waals surface area contributed by atoms with Crippen LogP contribution in [0.3, 0.4) is 0 Å². The topological polar surface area (TPSA) is 103 Å². The smallest absolute Gasteiger partial charge is 0.284 e. The Kier molecular flexibility index (Phi) is 6.50. The third-order valence-corrected chi connectivity index (χ3v) is 5.78. The fraction of sp³-hybridized carbons (Fsp3) is 0.190. The number of carbonyl (C=O) groups excluding carboxylic acids is 1. The summed E-state index contributed by atoms with van der Waals surface area (Å²) in [5.41, 5.74) is 2.64. The molecule has 0 fully saturated rings. The van der Waals surface area contributed by atoms with Gasteiger partial charge in [-0.05, 0) is 30.2 Å². The second-order valence-electron chi connectivity index (χ2n) is 6.76. The highest BCUT2D eigenvalue weighted by Crippen LogP contribution is 2.28. The van der Waals surface area contributed by atoms with Crippen LogP contribution in [0, 0.1) is 18.3 Å². The zero-order valence-electron chi connectivity index (χ0n) is 16.5. The number of amides is 1. The predicted molar refractivity (Wildman–Crippen MR) is 117 cm³/mol. The molecule has 154 valence electrons. The molecule has 9 heteroatoms. The summed E-state index contributed by atoms with van der Waals surface area (Å²) in [5, 5.41) is 9.77. The molecule has 1 N–H and O–H groups in total. The van der Waals surface area contributed by atoms with E-state index >= 15 is 0 Å². The molecule has 0 radical (unpaired) electrons. The molecule has 1 aromatic heterocycles. The van der Waals surface area contributed by atoms with Crippen LogP contribution in [0.2, 0.25) is 0 Å². The van der Waals surface area contributed by atoms with E-state index in [2.05, 4.69) is 11.1 Å². The Bertz CT molecular complexity index is 1200. The van der Waals surface area contributed by atoms with Crippen LogP contribution in [-0.2, 0) is 23.1 Å². The zero-order chi connectivity index (χ0) is 21.7. The Morgan fingerprint density at radius 1 is 1.13 bits per heavy atom. The number of anilines is 1. The largest absolute Gasteiger partial charge is 0.339 e. The van der Waals surface area contributed by atoms with Crippen molar-refractivity contribution in [1.29, 1.82) is 5.26 Å². The van der Waals surface area contributed by atoms with Crippen LogP contribution in [0.1, 0.15) is 32.1 Å². The van der Waals surface area contributed by atoms with Gasteiger partial charge in [0.05, 0.1) is 17.9 Å². The standard InChI is InChI=1S/C21H20N4O3S2/c1-15-19(20(26)24-30(2,27)28)23-21(29-15)25(13-16-7-4-3-5-8-16)14-18-10-6-9-17(11-18)12-22/h3-11H,13-14H2,1-2H3,(H,24,26). The number of nitriles is 1. The molecule has 0 aliphatic heterocycles. The van der Waals surface area contributed by atoms with Crippen molar-refractivity contribution in [3.05, 3.63) is 81.9 Å². The number of sulfonamides is 1. The molecule has 0 spiro atoms. The summed E-state index contributed by atoms with van der Waals surface area (Å²) in [5.74, 6) is -0.747. The maximum Gasteiger partial charge on any atom is 0.284 e. The molecular weight excluding hydrogens is 420 g/mol. The maximum absolute atomic E-state index is 12.3. The molecule has 7 nitrogen and oxygen atoms in total. The van der Waals surface area contributed by atoms with Crippen LogP contribution >= 0.6 is 11.3 Å². The van der Waals surface area contributed by atoms with Crippen molar-refractivity contribution in [3.63, 3.8) is 0 Å². The Morgan fingerprint density at radius 3 is 2.47 bits per heavy atom. The average Bonchev–Trinajstić information content (AvgIpc) is 3.09. The summed E-state index contributed by atoms with van der Waals surface area (Å²) in [6, 6.07) is 19.3. The van der Waals surface area contributed by atoms with Crippen LogP contribution < -0.4 is 9.62 Å². The van der Waals surface area contributed by atoms with Gasteiger partial charge >= 0.3 is 0 Å². The first-order valence-electron chi connectivity index (χ1n) is 9.02. The van der Waals surface area contributed by atoms with E-state index in [1.54, 1.807) is 13.0 Å². The van der Waals surface area contributed by atoms with Crippen molar-refractivity contribution in [2.24, 2.45) is 0 Å². The second-order valence-corrected chi connectivity index (χ2v) is 9.69. The normalized spacial score (nSPS) is 11.0. The quantitative estimate of drug-likeness (QED) is 0.605. The summed E-state index contributed by atoms with van der Waals surface area (Å²) in [7, 11) is -3.68. The van der Waals surface area contributed by atoms with Crippen LogP contribution in [0.25, 0.3) is 0 Å². The monoisotopic (exact) mass is 440 g/mol. The molecule has 0 saturated carbocycles. The highest BCUT2D eigenvalue weighted by atomic mass is 32.2. The number of rotatable bonds is 7. The summed E-state index contributed by atoms with van der Waals surface area (Å²) < 4.78 is 24.8. The lowest BCUT2D eigenvalue weighted by atomic mass is 10.1. The number of hydrogen-bond donors (Lipinski definition) is 1. The van der Waals surface area contributed by atoms with Crippen molar-refractivity contribution in [3.8, 4) is 6.07 Å². The molecule has 0 aliphatic rings. The average molecular weight is 441 g/mol. The van der Waals surface area contributed by atoms with Gasteiger partial charge in [-0.25, -0.2) is 18.1 Å². The lowest BCUT2D eigenvalue weighted by molar-refractivity contribution is 0.0977. The zero-order valence-corrected chi connectivity index (χ0v) is 18.1. The van der Waals surface area contributed by atoms with E-state index in [0.29, 0.717) is 28.7 Å². The first kappa shape index (κ1) is 21.5. The Balaban J connectivity index is 1.94. The molecule has 1 heterocycles. The van der Waals surface area contributed by atoms with E-state index in [9.17, 15) is 18.5 Å². The fourth-order valence-electron chi connectivity index (χ4n) is 2.90. The number of aryl methyl sites for hydroxylation is 1. The van der Waals surface area contributed by atoms with Crippen molar-refractivity contribution < 1.29 is 13.2 Å². The minimum absolute atomic E-state index is 0.0873. The van der Waals surface area contributed by atoms with Gasteiger partial charge in [0.25, 0.3) is 5.91 Å². The number of hydrogen-bond acceptors (Lipinski definition) is 7. The van der Waals surface area contributed by atoms with E-state index in [1.165, 1.54) is 11.3 Å². The summed E-state index contributed by atoms with van der Waals surface area (Å²) >= 11 is 1.32. The number of aromatic nitrogens is 1. The van der Waals surface area contributed by atoms with Gasteiger partial charge in [-0.3, -0.25) is 4.79 Å². The molecule has 30 heavy (non-hydrogen) atoms. The summed E-state index contributed by atoms with van der Waals surface area (Å²) in [4.78, 5) is 19.4. The molecule has 0 atom stereocenters. The third kappa shape index (κ3) is 5.65. The number of thiazole rings is 1. The second kappa shape index (κ2) is 9.07. The van der Waals surface area contributed by atoms with Crippen LogP contribution in [-0.4, -0.2) is 25.6 Å². The van der Waals surface area contributed by atoms with Gasteiger partial charge in [-0.2, -0.15) is 5.26 Å². The van der Waals surface area contributed by atoms with E-state index in [1.807, 2.05) is 58.2 Å². The van der Waals surface area contributed by atoms with Gasteiger partial charge in [0.2, 0.25) is 10.0 Å². The highest BCUT2D eigenvalue weighted by molar-refractivity contribution is 7.89. The Hall–Kier alpha value is -3.22. The summed E-state index contributed by atoms with van der Waals surface area (Å²) in [6.45, 7) is 2.75. The lowest BCUT2D eigenvalue weighted by Gasteiger charge is -2.22. The van der Waals surface area contributed by atoms with Gasteiger partial charge in [0.15, 0.2) is 5.13 Å². The minimum atomic E-state index is -3.68. The number of nitrogens with zero attached hydrogens (tertiary/aromatic N) is 3. The molecule has 3 aromatic rings. The number of nitrogens with one attached hydrogen (secondary N) is 1. The number of carbonyl (C=O) groups is 1. The molecule has 2 aromatic carbocycles. The van der Waals surface area contributed by atoms with Gasteiger partial charge in [-0.15, -0.1) is 11.3 Å². The van der Waals surface area contributed by atoms with E-state index in [4.69, 9.17) is 0 Å². The van der Waals surface area contributed by atoms with Crippen LogP contribution in [0.5, 0.6) is 0 Å². The molecule has 0 aliphatic carbocycles. The molecular formula is C21H20N4O3S2. The van der Waals surface area contributed by atoms with E-state index in [0.717, 1.165) is 17.4 Å². The lowest BCUT2D eigenvalue weighted by Crippen LogP contribution is -2.30. The van der Waals surface area contributed by atoms with Crippen molar-refractivity contribution in [1.82, 2.24) is 9.71 Å². The Morgan fingerprint density at radius 2 is 1.80 bits per heavy atom. The molecule has 0 saturated heterocycles. The van der Waals surface area contributed by atoms with E-state index < -0.39 is 15.9 Å². The molecule has 1 amide bonds. The molecule has 0 unspecified atom stereocenters. The van der Waals surface area contributed by atoms with Crippen molar-refractivity contribution in [2.75, 3.05) is 11.2 Å². The fourth-order valence-corrected chi connectivity index (χ4v) is 4.24. The Labute approximate surface area is 179 Å². The van der Waals surface area contributed by atoms with Gasteiger partial charge in [0.1, 0.15) is 5.69 Å². The van der Waals surface area contributed by atoms with E-state index in [-0.39, 0.29) is 5.69 Å². The minimum Gasteiger partial charge on any atom is -0.339 e. The molecule has 0 bridgehead atoms. The van der Waals surface area contributed by atoms with Gasteiger partial charge in [-0.1, -0.05) is 42.5 Å². The van der Waals surface area contributed by atoms with Gasteiger partial charge in [0, 0.05) is 18.0 Å².